The fourth-order valence-corrected chi connectivity index (χ4v) is 8.62. The SMILES string of the molecule is C[Si]1(C)c2ncc[c-]c2-c2nccc3c2c1cc1c2ccccc2ccc31.[Ir].[c-]1ccccc1-c1ccccn1. The predicted molar refractivity (Wildman–Crippen MR) is 164 cm³/mol. The van der Waals surface area contributed by atoms with E-state index in [1.165, 1.54) is 42.8 Å². The van der Waals surface area contributed by atoms with E-state index in [0.29, 0.717) is 0 Å². The molecule has 0 saturated carbocycles. The molecule has 1 radical (unpaired) electrons. The third-order valence-corrected chi connectivity index (χ3v) is 11.0. The third kappa shape index (κ3) is 4.27. The Labute approximate surface area is 248 Å². The summed E-state index contributed by atoms with van der Waals surface area (Å²) in [6.07, 6.45) is 5.59. The molecular formula is C35H25IrN3Si-2. The number of pyridine rings is 3. The number of benzene rings is 4. The minimum atomic E-state index is -1.95. The Morgan fingerprint density at radius 3 is 2.30 bits per heavy atom. The van der Waals surface area contributed by atoms with Crippen LogP contribution in [-0.2, 0) is 20.1 Å². The molecule has 1 aliphatic rings. The van der Waals surface area contributed by atoms with Crippen LogP contribution in [0.2, 0.25) is 13.1 Å². The van der Waals surface area contributed by atoms with Gasteiger partial charge in [-0.15, -0.1) is 53.6 Å². The van der Waals surface area contributed by atoms with E-state index in [-0.39, 0.29) is 20.1 Å². The number of fused-ring (bicyclic) bond motifs is 6. The van der Waals surface area contributed by atoms with Gasteiger partial charge in [0.2, 0.25) is 0 Å². The Morgan fingerprint density at radius 2 is 1.48 bits per heavy atom. The van der Waals surface area contributed by atoms with Gasteiger partial charge < -0.3 is 15.0 Å². The smallest absolute Gasteiger partial charge is 0.0876 e. The molecule has 8 rings (SSSR count). The summed E-state index contributed by atoms with van der Waals surface area (Å²) in [7, 11) is -1.95. The molecule has 0 N–H and O–H groups in total. The van der Waals surface area contributed by atoms with Crippen molar-refractivity contribution in [1.82, 2.24) is 15.0 Å². The third-order valence-electron chi connectivity index (χ3n) is 7.66. The van der Waals surface area contributed by atoms with Crippen LogP contribution in [0.5, 0.6) is 0 Å². The molecular weight excluding hydrogens is 683 g/mol. The summed E-state index contributed by atoms with van der Waals surface area (Å²) in [4.78, 5) is 13.8. The van der Waals surface area contributed by atoms with Crippen molar-refractivity contribution in [2.75, 3.05) is 0 Å². The number of hydrogen-bond acceptors (Lipinski definition) is 3. The monoisotopic (exact) mass is 708 g/mol. The van der Waals surface area contributed by atoms with E-state index in [0.717, 1.165) is 22.5 Å². The second-order valence-corrected chi connectivity index (χ2v) is 14.6. The molecule has 0 saturated heterocycles. The zero-order valence-electron chi connectivity index (χ0n) is 22.1. The van der Waals surface area contributed by atoms with Crippen LogP contribution in [0.15, 0.2) is 116 Å². The van der Waals surface area contributed by atoms with E-state index < -0.39 is 8.07 Å². The number of nitrogens with zero attached hydrogens (tertiary/aromatic N) is 3. The van der Waals surface area contributed by atoms with E-state index >= 15 is 0 Å². The molecule has 40 heavy (non-hydrogen) atoms. The van der Waals surface area contributed by atoms with Gasteiger partial charge in [-0.25, -0.2) is 0 Å². The molecule has 1 aliphatic heterocycles. The van der Waals surface area contributed by atoms with Crippen LogP contribution in [-0.4, -0.2) is 23.0 Å². The Kier molecular flexibility index (Phi) is 6.89. The van der Waals surface area contributed by atoms with Crippen LogP contribution in [0, 0.1) is 12.1 Å². The largest absolute Gasteiger partial charge is 0.359 e. The quantitative estimate of drug-likeness (QED) is 0.104. The first-order valence-corrected chi connectivity index (χ1v) is 16.1. The van der Waals surface area contributed by atoms with Crippen molar-refractivity contribution < 1.29 is 20.1 Å². The molecule has 4 heterocycles. The molecule has 0 atom stereocenters. The standard InChI is InChI=1S/C24H17N2Si.C11H8N.Ir/c1-27(2)21-14-20-16-7-4-3-6-15(16)9-10-17(20)18-11-13-25-23(22(18)21)19-8-5-12-26-24(19)27;1-2-6-10(7-3-1)11-8-4-5-9-12-11;/h3-7,9-14H,1-2H3;1-6,8-9H;/q2*-1;. The molecule has 195 valence electrons. The van der Waals surface area contributed by atoms with Gasteiger partial charge in [0.15, 0.2) is 0 Å². The Bertz CT molecular complexity index is 1950. The van der Waals surface area contributed by atoms with Gasteiger partial charge >= 0.3 is 0 Å². The van der Waals surface area contributed by atoms with Gasteiger partial charge in [-0.1, -0.05) is 79.1 Å². The summed E-state index contributed by atoms with van der Waals surface area (Å²) in [5, 5.41) is 10.4. The molecule has 3 nitrogen and oxygen atoms in total. The van der Waals surface area contributed by atoms with Gasteiger partial charge in [-0.05, 0) is 61.2 Å². The van der Waals surface area contributed by atoms with Crippen LogP contribution in [0.3, 0.4) is 0 Å². The molecule has 0 aliphatic carbocycles. The fraction of sp³-hybridized carbons (Fsp3) is 0.0571. The van der Waals surface area contributed by atoms with E-state index in [2.05, 4.69) is 78.7 Å². The van der Waals surface area contributed by atoms with Crippen LogP contribution >= 0.6 is 0 Å². The average Bonchev–Trinajstić information content (AvgIpc) is 3.01. The average molecular weight is 708 g/mol. The maximum atomic E-state index is 4.79. The minimum absolute atomic E-state index is 0. The summed E-state index contributed by atoms with van der Waals surface area (Å²) < 4.78 is 0. The molecule has 0 unspecified atom stereocenters. The van der Waals surface area contributed by atoms with Crippen LogP contribution in [0.25, 0.3) is 54.8 Å². The molecule has 0 spiro atoms. The molecule has 5 heteroatoms. The van der Waals surface area contributed by atoms with Gasteiger partial charge in [0.25, 0.3) is 0 Å². The van der Waals surface area contributed by atoms with Gasteiger partial charge in [-0.2, -0.15) is 0 Å². The number of aromatic nitrogens is 3. The molecule has 0 amide bonds. The predicted octanol–water partition coefficient (Wildman–Crippen LogP) is 7.09. The molecule has 0 fully saturated rings. The van der Waals surface area contributed by atoms with Crippen LogP contribution in [0.4, 0.5) is 0 Å². The zero-order chi connectivity index (χ0) is 26.4. The number of rotatable bonds is 1. The Hall–Kier alpha value is -4.02. The topological polar surface area (TPSA) is 38.7 Å². The maximum Gasteiger partial charge on any atom is 0.0876 e. The van der Waals surface area contributed by atoms with Crippen LogP contribution < -0.4 is 10.5 Å². The Morgan fingerprint density at radius 1 is 0.625 bits per heavy atom. The molecule has 7 aromatic rings. The summed E-state index contributed by atoms with van der Waals surface area (Å²) >= 11 is 0. The van der Waals surface area contributed by atoms with E-state index in [9.17, 15) is 0 Å². The van der Waals surface area contributed by atoms with Crippen molar-refractivity contribution in [2.24, 2.45) is 0 Å². The second-order valence-electron chi connectivity index (χ2n) is 10.3. The van der Waals surface area contributed by atoms with Crippen molar-refractivity contribution in [3.05, 3.63) is 128 Å². The Balaban J connectivity index is 0.000000188. The van der Waals surface area contributed by atoms with E-state index in [4.69, 9.17) is 9.97 Å². The first-order chi connectivity index (χ1) is 19.1. The summed E-state index contributed by atoms with van der Waals surface area (Å²) in [6.45, 7) is 4.79. The van der Waals surface area contributed by atoms with Gasteiger partial charge in [0, 0.05) is 32.5 Å². The maximum absolute atomic E-state index is 4.79. The summed E-state index contributed by atoms with van der Waals surface area (Å²) in [5.74, 6) is 0. The van der Waals surface area contributed by atoms with Crippen molar-refractivity contribution in [3.8, 4) is 22.5 Å². The van der Waals surface area contributed by atoms with Crippen LogP contribution in [0.1, 0.15) is 0 Å². The second kappa shape index (κ2) is 10.5. The van der Waals surface area contributed by atoms with Gasteiger partial charge in [0.05, 0.1) is 8.07 Å². The van der Waals surface area contributed by atoms with Gasteiger partial charge in [-0.3, -0.25) is 0 Å². The molecule has 3 aromatic heterocycles. The van der Waals surface area contributed by atoms with E-state index in [1.54, 1.807) is 6.20 Å². The van der Waals surface area contributed by atoms with Crippen molar-refractivity contribution >= 4 is 50.9 Å². The number of hydrogen-bond donors (Lipinski definition) is 0. The van der Waals surface area contributed by atoms with Gasteiger partial charge in [0.1, 0.15) is 0 Å². The molecule has 4 aromatic carbocycles. The van der Waals surface area contributed by atoms with Crippen molar-refractivity contribution in [2.45, 2.75) is 13.1 Å². The minimum Gasteiger partial charge on any atom is -0.359 e. The molecule has 0 bridgehead atoms. The first-order valence-electron chi connectivity index (χ1n) is 13.1. The zero-order valence-corrected chi connectivity index (χ0v) is 25.5. The summed E-state index contributed by atoms with van der Waals surface area (Å²) in [6, 6.07) is 39.9. The fourth-order valence-electron chi connectivity index (χ4n) is 5.77. The van der Waals surface area contributed by atoms with E-state index in [1.807, 2.05) is 60.9 Å². The van der Waals surface area contributed by atoms with Crippen molar-refractivity contribution in [1.29, 1.82) is 0 Å². The summed E-state index contributed by atoms with van der Waals surface area (Å²) in [5.41, 5.74) is 4.14. The van der Waals surface area contributed by atoms with Crippen molar-refractivity contribution in [3.63, 3.8) is 0 Å². The normalized spacial score (nSPS) is 12.8. The first kappa shape index (κ1) is 26.2.